The number of hydrogen-bond donors (Lipinski definition) is 1. The molecule has 1 aliphatic rings. The van der Waals surface area contributed by atoms with Crippen LogP contribution in [0.25, 0.3) is 0 Å². The summed E-state index contributed by atoms with van der Waals surface area (Å²) in [5.74, 6) is -0.746. The van der Waals surface area contributed by atoms with Crippen molar-refractivity contribution in [2.45, 2.75) is 19.4 Å². The average molecular weight is 357 g/mol. The number of carbonyl (C=O) groups excluding carboxylic acids is 3. The Bertz CT molecular complexity index is 846. The molecular weight excluding hydrogens is 340 g/mol. The first kappa shape index (κ1) is 17.2. The fourth-order valence-electron chi connectivity index (χ4n) is 2.79. The summed E-state index contributed by atoms with van der Waals surface area (Å²) in [5, 5.41) is 3.21. The number of benzene rings is 2. The van der Waals surface area contributed by atoms with Crippen LogP contribution in [0.5, 0.6) is 0 Å². The molecule has 1 saturated heterocycles. The van der Waals surface area contributed by atoms with E-state index in [4.69, 9.17) is 11.6 Å². The van der Waals surface area contributed by atoms with Gasteiger partial charge in [0.2, 0.25) is 0 Å². The minimum Gasteiger partial charge on any atom is -0.319 e. The lowest BCUT2D eigenvalue weighted by molar-refractivity contribution is -0.130. The number of hydrogen-bond acceptors (Lipinski definition) is 3. The zero-order valence-corrected chi connectivity index (χ0v) is 14.6. The third-order valence-corrected chi connectivity index (χ3v) is 4.62. The van der Waals surface area contributed by atoms with Crippen molar-refractivity contribution in [3.63, 3.8) is 0 Å². The van der Waals surface area contributed by atoms with Crippen LogP contribution >= 0.6 is 11.6 Å². The van der Waals surface area contributed by atoms with E-state index in [1.165, 1.54) is 0 Å². The van der Waals surface area contributed by atoms with Gasteiger partial charge in [0.25, 0.3) is 5.91 Å². The molecule has 0 aliphatic carbocycles. The second-order valence-electron chi connectivity index (χ2n) is 6.24. The Kier molecular flexibility index (Phi) is 4.35. The van der Waals surface area contributed by atoms with Crippen LogP contribution in [0.15, 0.2) is 48.5 Å². The summed E-state index contributed by atoms with van der Waals surface area (Å²) in [6, 6.07) is 13.1. The molecule has 128 valence electrons. The van der Waals surface area contributed by atoms with Crippen LogP contribution in [0.3, 0.4) is 0 Å². The van der Waals surface area contributed by atoms with Crippen molar-refractivity contribution >= 4 is 29.3 Å². The monoisotopic (exact) mass is 356 g/mol. The van der Waals surface area contributed by atoms with Gasteiger partial charge in [-0.15, -0.1) is 0 Å². The molecule has 0 aromatic heterocycles. The van der Waals surface area contributed by atoms with Crippen molar-refractivity contribution in [3.05, 3.63) is 70.2 Å². The molecule has 0 bridgehead atoms. The van der Waals surface area contributed by atoms with Crippen molar-refractivity contribution < 1.29 is 14.4 Å². The molecule has 0 radical (unpaired) electrons. The number of urea groups is 1. The standard InChI is InChI=1S/C19H17ClN2O3/c1-12-3-5-13(6-4-12)16(23)11-22-17(24)19(2,21-18(22)25)14-7-9-15(20)10-8-14/h3-10H,11H2,1-2H3,(H,21,25). The third kappa shape index (κ3) is 3.15. The van der Waals surface area contributed by atoms with Gasteiger partial charge in [0.1, 0.15) is 5.54 Å². The molecule has 2 aromatic carbocycles. The van der Waals surface area contributed by atoms with E-state index in [0.29, 0.717) is 16.1 Å². The largest absolute Gasteiger partial charge is 0.325 e. The van der Waals surface area contributed by atoms with Crippen LogP contribution in [-0.2, 0) is 10.3 Å². The summed E-state index contributed by atoms with van der Waals surface area (Å²) in [6.45, 7) is 3.24. The van der Waals surface area contributed by atoms with Gasteiger partial charge in [-0.3, -0.25) is 14.5 Å². The number of nitrogens with zero attached hydrogens (tertiary/aromatic N) is 1. The highest BCUT2D eigenvalue weighted by Gasteiger charge is 2.49. The molecule has 25 heavy (non-hydrogen) atoms. The van der Waals surface area contributed by atoms with Gasteiger partial charge in [0, 0.05) is 10.6 Å². The second-order valence-corrected chi connectivity index (χ2v) is 6.68. The molecule has 1 heterocycles. The lowest BCUT2D eigenvalue weighted by Gasteiger charge is -2.22. The minimum absolute atomic E-state index is 0.288. The molecule has 1 unspecified atom stereocenters. The van der Waals surface area contributed by atoms with Gasteiger partial charge >= 0.3 is 6.03 Å². The Hall–Kier alpha value is -2.66. The summed E-state index contributed by atoms with van der Waals surface area (Å²) >= 11 is 5.88. The summed E-state index contributed by atoms with van der Waals surface area (Å²) in [4.78, 5) is 38.4. The highest BCUT2D eigenvalue weighted by atomic mass is 35.5. The maximum Gasteiger partial charge on any atom is 0.325 e. The third-order valence-electron chi connectivity index (χ3n) is 4.37. The van der Waals surface area contributed by atoms with Crippen LogP contribution < -0.4 is 5.32 Å². The molecule has 0 spiro atoms. The first-order valence-corrected chi connectivity index (χ1v) is 8.19. The van der Waals surface area contributed by atoms with E-state index in [-0.39, 0.29) is 12.3 Å². The summed E-state index contributed by atoms with van der Waals surface area (Å²) in [5.41, 5.74) is 0.892. The van der Waals surface area contributed by atoms with Crippen LogP contribution in [0.1, 0.15) is 28.4 Å². The predicted molar refractivity (Wildman–Crippen MR) is 94.6 cm³/mol. The molecule has 0 saturated carbocycles. The molecule has 1 aliphatic heterocycles. The number of aryl methyl sites for hydroxylation is 1. The van der Waals surface area contributed by atoms with E-state index < -0.39 is 17.5 Å². The van der Waals surface area contributed by atoms with Gasteiger partial charge in [-0.1, -0.05) is 53.6 Å². The zero-order chi connectivity index (χ0) is 18.2. The second kappa shape index (κ2) is 6.33. The lowest BCUT2D eigenvalue weighted by Crippen LogP contribution is -2.41. The van der Waals surface area contributed by atoms with Crippen LogP contribution in [0, 0.1) is 6.92 Å². The maximum atomic E-state index is 12.8. The molecule has 3 rings (SSSR count). The van der Waals surface area contributed by atoms with Gasteiger partial charge in [-0.25, -0.2) is 4.79 Å². The molecule has 6 heteroatoms. The number of Topliss-reactive ketones (excluding diaryl/α,β-unsaturated/α-hetero) is 1. The minimum atomic E-state index is -1.21. The van der Waals surface area contributed by atoms with E-state index in [9.17, 15) is 14.4 Å². The number of imide groups is 1. The van der Waals surface area contributed by atoms with Gasteiger partial charge in [-0.05, 0) is 31.5 Å². The quantitative estimate of drug-likeness (QED) is 0.675. The van der Waals surface area contributed by atoms with Gasteiger partial charge in [0.05, 0.1) is 6.54 Å². The van der Waals surface area contributed by atoms with Crippen LogP contribution in [-0.4, -0.2) is 29.2 Å². The Balaban J connectivity index is 1.82. The maximum absolute atomic E-state index is 12.8. The first-order chi connectivity index (χ1) is 11.8. The SMILES string of the molecule is Cc1ccc(C(=O)CN2C(=O)NC(C)(c3ccc(Cl)cc3)C2=O)cc1. The van der Waals surface area contributed by atoms with Crippen molar-refractivity contribution in [2.24, 2.45) is 0 Å². The highest BCUT2D eigenvalue weighted by molar-refractivity contribution is 6.30. The van der Waals surface area contributed by atoms with Crippen molar-refractivity contribution in [2.75, 3.05) is 6.54 Å². The molecule has 2 aromatic rings. The van der Waals surface area contributed by atoms with E-state index in [1.807, 2.05) is 19.1 Å². The normalized spacial score (nSPS) is 19.9. The molecule has 1 N–H and O–H groups in total. The van der Waals surface area contributed by atoms with Crippen molar-refractivity contribution in [3.8, 4) is 0 Å². The predicted octanol–water partition coefficient (Wildman–Crippen LogP) is 3.30. The Morgan fingerprint density at radius 2 is 1.68 bits per heavy atom. The topological polar surface area (TPSA) is 66.5 Å². The van der Waals surface area contributed by atoms with Gasteiger partial charge in [-0.2, -0.15) is 0 Å². The Morgan fingerprint density at radius 1 is 1.08 bits per heavy atom. The Morgan fingerprint density at radius 3 is 2.28 bits per heavy atom. The van der Waals surface area contributed by atoms with E-state index >= 15 is 0 Å². The number of amides is 3. The summed E-state index contributed by atoms with van der Waals surface area (Å²) in [7, 11) is 0. The van der Waals surface area contributed by atoms with Gasteiger partial charge < -0.3 is 5.32 Å². The van der Waals surface area contributed by atoms with E-state index in [2.05, 4.69) is 5.32 Å². The fraction of sp³-hybridized carbons (Fsp3) is 0.211. The van der Waals surface area contributed by atoms with E-state index in [1.54, 1.807) is 43.3 Å². The molecule has 1 fully saturated rings. The first-order valence-electron chi connectivity index (χ1n) is 7.81. The number of rotatable bonds is 4. The summed E-state index contributed by atoms with van der Waals surface area (Å²) < 4.78 is 0. The number of ketones is 1. The van der Waals surface area contributed by atoms with Crippen molar-refractivity contribution in [1.82, 2.24) is 10.2 Å². The average Bonchev–Trinajstić information content (AvgIpc) is 2.80. The molecular formula is C19H17ClN2O3. The Labute approximate surface area is 150 Å². The number of nitrogens with one attached hydrogen (secondary N) is 1. The summed E-state index contributed by atoms with van der Waals surface area (Å²) in [6.07, 6.45) is 0. The van der Waals surface area contributed by atoms with E-state index in [0.717, 1.165) is 10.5 Å². The lowest BCUT2D eigenvalue weighted by atomic mass is 9.92. The van der Waals surface area contributed by atoms with Crippen molar-refractivity contribution in [1.29, 1.82) is 0 Å². The van der Waals surface area contributed by atoms with Crippen LogP contribution in [0.2, 0.25) is 5.02 Å². The number of carbonyl (C=O) groups is 3. The van der Waals surface area contributed by atoms with Gasteiger partial charge in [0.15, 0.2) is 5.78 Å². The fourth-order valence-corrected chi connectivity index (χ4v) is 2.92. The smallest absolute Gasteiger partial charge is 0.319 e. The number of halogens is 1. The highest BCUT2D eigenvalue weighted by Crippen LogP contribution is 2.29. The van der Waals surface area contributed by atoms with Crippen LogP contribution in [0.4, 0.5) is 4.79 Å². The zero-order valence-electron chi connectivity index (χ0n) is 13.9. The molecule has 3 amide bonds. The molecule has 1 atom stereocenters. The molecule has 5 nitrogen and oxygen atoms in total.